The van der Waals surface area contributed by atoms with Gasteiger partial charge < -0.3 is 20.1 Å². The Kier molecular flexibility index (Phi) is 10.4. The van der Waals surface area contributed by atoms with Gasteiger partial charge in [-0.15, -0.1) is 11.3 Å². The number of carboxylic acid groups (broad SMARTS) is 1. The maximum Gasteiger partial charge on any atom is 0.394 e. The Morgan fingerprint density at radius 3 is 2.46 bits per heavy atom. The second kappa shape index (κ2) is 14.3. The molecule has 3 aliphatic rings. The van der Waals surface area contributed by atoms with Gasteiger partial charge in [0.05, 0.1) is 24.3 Å². The van der Waals surface area contributed by atoms with Gasteiger partial charge in [-0.25, -0.2) is 23.8 Å². The first kappa shape index (κ1) is 34.9. The fourth-order valence-electron chi connectivity index (χ4n) is 5.61. The van der Waals surface area contributed by atoms with Gasteiger partial charge in [0, 0.05) is 66.3 Å². The number of carbonyl (C=O) groups is 3. The van der Waals surface area contributed by atoms with Crippen LogP contribution in [0.3, 0.4) is 0 Å². The molecule has 2 amide bonds. The number of nitrogens with zero attached hydrogens (tertiary/aromatic N) is 5. The molecule has 48 heavy (non-hydrogen) atoms. The van der Waals surface area contributed by atoms with E-state index in [-0.39, 0.29) is 28.2 Å². The van der Waals surface area contributed by atoms with Crippen molar-refractivity contribution in [3.8, 4) is 0 Å². The lowest BCUT2D eigenvalue weighted by atomic mass is 9.95. The van der Waals surface area contributed by atoms with Crippen molar-refractivity contribution in [1.82, 2.24) is 20.1 Å². The van der Waals surface area contributed by atoms with E-state index in [0.717, 1.165) is 0 Å². The molecular weight excluding hydrogens is 695 g/mol. The third kappa shape index (κ3) is 7.97. The van der Waals surface area contributed by atoms with E-state index in [1.807, 2.05) is 10.3 Å². The molecule has 254 valence electrons. The number of hydrogen-bond acceptors (Lipinski definition) is 11. The molecule has 2 atom stereocenters. The number of hydrogen-bond donors (Lipinski definition) is 4. The smallest absolute Gasteiger partial charge is 0.394 e. The number of nitrogens with one attached hydrogen (secondary N) is 1. The van der Waals surface area contributed by atoms with Crippen LogP contribution in [0.15, 0.2) is 70.3 Å². The monoisotopic (exact) mass is 722 g/mol. The molecule has 2 saturated heterocycles. The number of aromatic nitrogens is 1. The van der Waals surface area contributed by atoms with Crippen molar-refractivity contribution in [1.29, 1.82) is 0 Å². The predicted molar refractivity (Wildman–Crippen MR) is 172 cm³/mol. The number of benzene rings is 2. The Labute approximate surface area is 282 Å². The number of piperazine rings is 1. The summed E-state index contributed by atoms with van der Waals surface area (Å²) >= 11 is 7.83. The maximum absolute atomic E-state index is 13.9. The predicted octanol–water partition coefficient (Wildman–Crippen LogP) is 3.13. The van der Waals surface area contributed by atoms with Crippen molar-refractivity contribution in [3.63, 3.8) is 0 Å². The minimum Gasteiger partial charge on any atom is -0.478 e. The molecule has 2 fully saturated rings. The first-order chi connectivity index (χ1) is 22.7. The van der Waals surface area contributed by atoms with Gasteiger partial charge >= 0.3 is 28.4 Å². The number of anilines is 1. The fraction of sp³-hybridized carbons (Fsp3) is 0.276. The topological polar surface area (TPSA) is 202 Å². The quantitative estimate of drug-likeness (QED) is 0.205. The zero-order valence-corrected chi connectivity index (χ0v) is 27.4. The number of methoxy groups -OCH3 is 1. The first-order valence-corrected chi connectivity index (χ1v) is 16.7. The Morgan fingerprint density at radius 1 is 1.15 bits per heavy atom. The number of amidine groups is 1. The first-order valence-electron chi connectivity index (χ1n) is 14.1. The van der Waals surface area contributed by atoms with E-state index >= 15 is 0 Å². The third-order valence-corrected chi connectivity index (χ3v) is 8.77. The number of ether oxygens (including phenoxy) is 1. The molecule has 0 radical (unpaired) electrons. The molecule has 1 aromatic heterocycles. The highest BCUT2D eigenvalue weighted by Gasteiger charge is 2.42. The number of aromatic carboxylic acids is 1. The molecule has 15 nitrogen and oxygen atoms in total. The van der Waals surface area contributed by atoms with Crippen LogP contribution in [0, 0.1) is 5.82 Å². The lowest BCUT2D eigenvalue weighted by Gasteiger charge is -2.38. The highest BCUT2D eigenvalue weighted by atomic mass is 35.5. The molecule has 4 N–H and O–H groups in total. The van der Waals surface area contributed by atoms with Crippen molar-refractivity contribution in [2.24, 2.45) is 4.99 Å². The lowest BCUT2D eigenvalue weighted by molar-refractivity contribution is -0.136. The number of esters is 1. The molecule has 0 unspecified atom stereocenters. The fourth-order valence-corrected chi connectivity index (χ4v) is 6.47. The van der Waals surface area contributed by atoms with Crippen LogP contribution in [0.2, 0.25) is 5.02 Å². The second-order valence-corrected chi connectivity index (χ2v) is 12.9. The van der Waals surface area contributed by atoms with Crippen LogP contribution >= 0.6 is 22.9 Å². The summed E-state index contributed by atoms with van der Waals surface area (Å²) in [5.74, 6) is -1.68. The molecule has 0 spiro atoms. The highest BCUT2D eigenvalue weighted by molar-refractivity contribution is 7.79. The van der Waals surface area contributed by atoms with Crippen LogP contribution in [0.25, 0.3) is 0 Å². The van der Waals surface area contributed by atoms with Crippen molar-refractivity contribution >= 4 is 62.8 Å². The standard InChI is InChI=1S/C29H26ClFN6O5S.H2O4S/c1-42-28(40)23-22(33-25(26-32-8-11-43-26)34-24(23)20-7-4-17(31)12-21(20)30)15-35-9-10-36-19(13-35)14-37(29(36)41)18-5-2-16(3-6-18)27(38)39;1-5(2,3)4/h2-8,11-12,19,24H,9-10,13-15H2,1H3,(H,33,34)(H,38,39);(H2,1,2,3,4)/t19-,24-;/m0./s1. The van der Waals surface area contributed by atoms with Crippen molar-refractivity contribution in [2.75, 3.05) is 44.7 Å². The van der Waals surface area contributed by atoms with E-state index in [1.165, 1.54) is 48.8 Å². The van der Waals surface area contributed by atoms with Crippen LogP contribution in [-0.2, 0) is 19.9 Å². The summed E-state index contributed by atoms with van der Waals surface area (Å²) in [5, 5.41) is 15.1. The Balaban J connectivity index is 0.000000840. The normalized spacial score (nSPS) is 19.6. The number of carbonyl (C=O) groups excluding carboxylic acids is 2. The summed E-state index contributed by atoms with van der Waals surface area (Å²) < 4.78 is 50.7. The summed E-state index contributed by atoms with van der Waals surface area (Å²) in [6.07, 6.45) is 1.65. The van der Waals surface area contributed by atoms with Gasteiger partial charge in [-0.1, -0.05) is 17.7 Å². The molecule has 2 aromatic carbocycles. The molecule has 0 bridgehead atoms. The van der Waals surface area contributed by atoms with Gasteiger partial charge in [-0.05, 0) is 36.4 Å². The van der Waals surface area contributed by atoms with E-state index in [1.54, 1.807) is 23.2 Å². The number of aliphatic imine (C=N–C) groups is 1. The van der Waals surface area contributed by atoms with Gasteiger partial charge in [-0.2, -0.15) is 8.42 Å². The van der Waals surface area contributed by atoms with E-state index in [0.29, 0.717) is 60.5 Å². The summed E-state index contributed by atoms with van der Waals surface area (Å²) in [6, 6.07) is 9.07. The van der Waals surface area contributed by atoms with Crippen LogP contribution in [-0.4, -0.2) is 107 Å². The lowest BCUT2D eigenvalue weighted by Crippen LogP contribution is -2.53. The van der Waals surface area contributed by atoms with E-state index in [2.05, 4.69) is 15.2 Å². The van der Waals surface area contributed by atoms with E-state index < -0.39 is 34.2 Å². The zero-order valence-electron chi connectivity index (χ0n) is 25.0. The van der Waals surface area contributed by atoms with E-state index in [9.17, 15) is 23.9 Å². The zero-order chi connectivity index (χ0) is 34.7. The minimum absolute atomic E-state index is 0.124. The summed E-state index contributed by atoms with van der Waals surface area (Å²) in [7, 11) is -3.38. The SMILES string of the molecule is COC(=O)C1=C(CN2CCN3C(=O)N(c4ccc(C(=O)O)cc4)C[C@@H]3C2)NC(c2nccs2)=N[C@H]1c1ccc(F)cc1Cl.O=S(=O)(O)O. The van der Waals surface area contributed by atoms with E-state index in [4.69, 9.17) is 38.9 Å². The number of rotatable bonds is 7. The van der Waals surface area contributed by atoms with Crippen LogP contribution < -0.4 is 10.2 Å². The highest BCUT2D eigenvalue weighted by Crippen LogP contribution is 2.37. The molecule has 4 heterocycles. The molecule has 6 rings (SSSR count). The van der Waals surface area contributed by atoms with Gasteiger partial charge in [0.15, 0.2) is 10.8 Å². The van der Waals surface area contributed by atoms with Crippen LogP contribution in [0.4, 0.5) is 14.9 Å². The Bertz CT molecular complexity index is 1880. The largest absolute Gasteiger partial charge is 0.478 e. The summed E-state index contributed by atoms with van der Waals surface area (Å²) in [5.41, 5.74) is 2.03. The second-order valence-electron chi connectivity index (χ2n) is 10.7. The number of amides is 2. The van der Waals surface area contributed by atoms with Crippen molar-refractivity contribution in [3.05, 3.63) is 92.3 Å². The number of fused-ring (bicyclic) bond motifs is 1. The molecule has 3 aliphatic heterocycles. The van der Waals surface area contributed by atoms with Crippen LogP contribution in [0.1, 0.15) is 27.0 Å². The number of urea groups is 1. The summed E-state index contributed by atoms with van der Waals surface area (Å²) in [6.45, 7) is 2.28. The van der Waals surface area contributed by atoms with Crippen molar-refractivity contribution < 1.29 is 46.1 Å². The Morgan fingerprint density at radius 2 is 1.85 bits per heavy atom. The molecular formula is C29H28ClFN6O9S2. The molecule has 0 aliphatic carbocycles. The minimum atomic E-state index is -4.67. The van der Waals surface area contributed by atoms with Crippen molar-refractivity contribution in [2.45, 2.75) is 12.1 Å². The van der Waals surface area contributed by atoms with Gasteiger partial charge in [0.25, 0.3) is 0 Å². The number of carboxylic acids is 1. The van der Waals surface area contributed by atoms with Gasteiger partial charge in [0.2, 0.25) is 0 Å². The van der Waals surface area contributed by atoms with Crippen LogP contribution in [0.5, 0.6) is 0 Å². The van der Waals surface area contributed by atoms with Gasteiger partial charge in [-0.3, -0.25) is 23.9 Å². The average Bonchev–Trinajstić information content (AvgIpc) is 3.68. The van der Waals surface area contributed by atoms with Gasteiger partial charge in [0.1, 0.15) is 11.9 Å². The third-order valence-electron chi connectivity index (χ3n) is 7.67. The number of thiazole rings is 1. The molecule has 3 aromatic rings. The number of halogens is 2. The average molecular weight is 723 g/mol. The maximum atomic E-state index is 13.9. The molecule has 0 saturated carbocycles. The Hall–Kier alpha value is -4.46. The molecule has 19 heteroatoms. The summed E-state index contributed by atoms with van der Waals surface area (Å²) in [4.78, 5) is 52.5.